The molecule has 0 bridgehead atoms. The average molecular weight is 338 g/mol. The number of rotatable bonds is 1. The molecule has 0 aliphatic carbocycles. The van der Waals surface area contributed by atoms with Crippen LogP contribution in [0.1, 0.15) is 13.8 Å². The first-order valence-electron chi connectivity index (χ1n) is 5.08. The maximum absolute atomic E-state index is 10.4. The van der Waals surface area contributed by atoms with Crippen molar-refractivity contribution in [1.29, 1.82) is 5.26 Å². The van der Waals surface area contributed by atoms with Gasteiger partial charge in [-0.05, 0) is 24.9 Å². The van der Waals surface area contributed by atoms with Gasteiger partial charge in [0.2, 0.25) is 0 Å². The monoisotopic (exact) mass is 337 g/mol. The molecule has 0 radical (unpaired) electrons. The van der Waals surface area contributed by atoms with Gasteiger partial charge in [0.1, 0.15) is 17.4 Å². The third-order valence-corrected chi connectivity index (χ3v) is 2.01. The number of nitrogens with zero attached hydrogens (tertiary/aromatic N) is 4. The first-order chi connectivity index (χ1) is 8.56. The molecular formula is C12H15N4NiO4-. The zero-order chi connectivity index (χ0) is 13.5. The summed E-state index contributed by atoms with van der Waals surface area (Å²) < 4.78 is 0. The summed E-state index contributed by atoms with van der Waals surface area (Å²) >= 11 is 0. The minimum Gasteiger partial charge on any atom is -0.511 e. The number of aliphatic hydroxyl groups excluding tert-OH is 1. The van der Waals surface area contributed by atoms with E-state index in [0.29, 0.717) is 0 Å². The van der Waals surface area contributed by atoms with Crippen molar-refractivity contribution >= 4 is 16.8 Å². The predicted octanol–water partition coefficient (Wildman–Crippen LogP) is -0.134. The molecule has 0 saturated heterocycles. The second kappa shape index (κ2) is 11.6. The first-order valence-corrected chi connectivity index (χ1v) is 5.08. The average Bonchev–Trinajstić information content (AvgIpc) is 2.77. The van der Waals surface area contributed by atoms with Gasteiger partial charge < -0.3 is 26.3 Å². The Kier molecular flexibility index (Phi) is 13.1. The van der Waals surface area contributed by atoms with Gasteiger partial charge in [-0.25, -0.2) is 0 Å². The summed E-state index contributed by atoms with van der Waals surface area (Å²) in [6, 6.07) is 9.18. The van der Waals surface area contributed by atoms with Crippen LogP contribution in [0.25, 0.3) is 11.0 Å². The van der Waals surface area contributed by atoms with Crippen molar-refractivity contribution < 1.29 is 37.3 Å². The number of fused-ring (bicyclic) bond motifs is 1. The van der Waals surface area contributed by atoms with Gasteiger partial charge in [-0.1, -0.05) is 24.3 Å². The minimum atomic E-state index is -0.405. The zero-order valence-electron chi connectivity index (χ0n) is 11.3. The van der Waals surface area contributed by atoms with E-state index in [1.807, 2.05) is 24.3 Å². The van der Waals surface area contributed by atoms with Crippen LogP contribution in [0.2, 0.25) is 0 Å². The second-order valence-electron chi connectivity index (χ2n) is 3.41. The molecule has 21 heavy (non-hydrogen) atoms. The Bertz CT molecular complexity index is 599. The van der Waals surface area contributed by atoms with E-state index >= 15 is 0 Å². The summed E-state index contributed by atoms with van der Waals surface area (Å²) in [5.74, 6) is -0.623. The maximum atomic E-state index is 10.4. The largest absolute Gasteiger partial charge is 0.511 e. The normalized spacial score (nSPS) is 9.38. The van der Waals surface area contributed by atoms with Gasteiger partial charge >= 0.3 is 0 Å². The number of allylic oxidation sites excluding steroid dienone is 2. The molecule has 0 saturated carbocycles. The van der Waals surface area contributed by atoms with Gasteiger partial charge in [0.15, 0.2) is 5.78 Å². The summed E-state index contributed by atoms with van der Waals surface area (Å²) in [7, 11) is 0. The van der Waals surface area contributed by atoms with Crippen LogP contribution in [0.3, 0.4) is 0 Å². The van der Waals surface area contributed by atoms with Crippen LogP contribution in [-0.2, 0) is 21.3 Å². The summed E-state index contributed by atoms with van der Waals surface area (Å²) in [6.45, 7) is 2.54. The summed E-state index contributed by atoms with van der Waals surface area (Å²) in [6.07, 6.45) is 0. The van der Waals surface area contributed by atoms with Crippen LogP contribution < -0.4 is 5.10 Å². The van der Waals surface area contributed by atoms with Gasteiger partial charge in [0.25, 0.3) is 0 Å². The number of benzene rings is 1. The Morgan fingerprint density at radius 1 is 1.29 bits per heavy atom. The van der Waals surface area contributed by atoms with Gasteiger partial charge in [-0.15, -0.1) is 0 Å². The van der Waals surface area contributed by atoms with E-state index in [0.717, 1.165) is 11.0 Å². The number of carbonyl (C=O) groups is 1. The molecule has 0 aliphatic rings. The Morgan fingerprint density at radius 2 is 1.86 bits per heavy atom. The standard InChI is InChI=1S/C6H4N3.C6H7NO2.Ni.2H2O/c1-2-4-6-5(3-1)7-9-8-6;1-4(8)6(3-7)5(2)9;;;/h1-4H;8H,1-2H3;;2*1H2/q-1;;;;/b;6-4-;;;. The third-order valence-electron chi connectivity index (χ3n) is 2.01. The van der Waals surface area contributed by atoms with E-state index in [1.54, 1.807) is 6.07 Å². The van der Waals surface area contributed by atoms with Crippen LogP contribution in [-0.4, -0.2) is 32.2 Å². The number of hydrogen-bond acceptors (Lipinski definition) is 5. The number of aliphatic hydroxyl groups is 1. The molecule has 1 heterocycles. The molecule has 0 fully saturated rings. The molecule has 0 amide bonds. The first kappa shape index (κ1) is 23.8. The minimum absolute atomic E-state index is 0. The van der Waals surface area contributed by atoms with Crippen molar-refractivity contribution in [3.05, 3.63) is 35.6 Å². The molecule has 2 aromatic rings. The summed E-state index contributed by atoms with van der Waals surface area (Å²) in [4.78, 5) is 10.4. The fraction of sp³-hybridized carbons (Fsp3) is 0.167. The van der Waals surface area contributed by atoms with E-state index in [1.165, 1.54) is 13.8 Å². The number of aromatic nitrogens is 3. The van der Waals surface area contributed by atoms with Crippen molar-refractivity contribution in [3.8, 4) is 6.07 Å². The van der Waals surface area contributed by atoms with E-state index in [2.05, 4.69) is 15.4 Å². The van der Waals surface area contributed by atoms with Crippen LogP contribution >= 0.6 is 0 Å². The third kappa shape index (κ3) is 7.18. The Hall–Kier alpha value is -2.27. The predicted molar refractivity (Wildman–Crippen MR) is 71.7 cm³/mol. The molecule has 8 nitrogen and oxygen atoms in total. The Labute approximate surface area is 131 Å². The van der Waals surface area contributed by atoms with Crippen molar-refractivity contribution in [3.63, 3.8) is 0 Å². The molecular weight excluding hydrogens is 323 g/mol. The topological polar surface area (TPSA) is 164 Å². The van der Waals surface area contributed by atoms with Crippen molar-refractivity contribution in [2.45, 2.75) is 13.8 Å². The van der Waals surface area contributed by atoms with Crippen LogP contribution in [0.15, 0.2) is 35.6 Å². The van der Waals surface area contributed by atoms with Gasteiger partial charge in [0, 0.05) is 16.5 Å². The summed E-state index contributed by atoms with van der Waals surface area (Å²) in [5, 5.41) is 27.8. The molecule has 1 aromatic carbocycles. The SMILES string of the molecule is CC(=O)/C(C#N)=C(/C)O.O.O.[Ni].c1ccc2[n-]nnc2c1. The van der Waals surface area contributed by atoms with E-state index in [9.17, 15) is 4.79 Å². The van der Waals surface area contributed by atoms with Crippen LogP contribution in [0.5, 0.6) is 0 Å². The number of hydrogen-bond donors (Lipinski definition) is 1. The van der Waals surface area contributed by atoms with Crippen molar-refractivity contribution in [2.24, 2.45) is 0 Å². The van der Waals surface area contributed by atoms with E-state index < -0.39 is 5.78 Å². The molecule has 2 rings (SSSR count). The molecule has 0 aliphatic heterocycles. The number of carbonyl (C=O) groups excluding carboxylic acids is 1. The molecule has 118 valence electrons. The van der Waals surface area contributed by atoms with Gasteiger partial charge in [-0.2, -0.15) is 5.26 Å². The smallest absolute Gasteiger partial charge is 0.173 e. The molecule has 0 atom stereocenters. The van der Waals surface area contributed by atoms with Crippen molar-refractivity contribution in [2.75, 3.05) is 0 Å². The second-order valence-corrected chi connectivity index (χ2v) is 3.41. The van der Waals surface area contributed by atoms with Crippen LogP contribution in [0, 0.1) is 11.3 Å². The molecule has 0 unspecified atom stereocenters. The Morgan fingerprint density at radius 3 is 2.24 bits per heavy atom. The zero-order valence-corrected chi connectivity index (χ0v) is 12.3. The van der Waals surface area contributed by atoms with Crippen molar-refractivity contribution in [1.82, 2.24) is 15.4 Å². The van der Waals surface area contributed by atoms with Gasteiger partial charge in [0.05, 0.1) is 0 Å². The maximum Gasteiger partial charge on any atom is 0.173 e. The molecule has 0 spiro atoms. The quantitative estimate of drug-likeness (QED) is 0.329. The molecule has 5 N–H and O–H groups in total. The van der Waals surface area contributed by atoms with Gasteiger partial charge in [-0.3, -0.25) is 10.0 Å². The van der Waals surface area contributed by atoms with E-state index in [-0.39, 0.29) is 38.8 Å². The molecule has 1 aromatic heterocycles. The summed E-state index contributed by atoms with van der Waals surface area (Å²) in [5.41, 5.74) is 1.55. The number of Topliss-reactive ketones (excluding diaryl/α,β-unsaturated/α-hetero) is 1. The van der Waals surface area contributed by atoms with Crippen LogP contribution in [0.4, 0.5) is 0 Å². The number of nitriles is 1. The fourth-order valence-corrected chi connectivity index (χ4v) is 1.17. The Balaban J connectivity index is -0.000000270. The fourth-order valence-electron chi connectivity index (χ4n) is 1.17. The van der Waals surface area contributed by atoms with E-state index in [4.69, 9.17) is 10.4 Å². The number of ketones is 1. The molecule has 9 heteroatoms.